The van der Waals surface area contributed by atoms with E-state index in [1.807, 2.05) is 44.1 Å². The zero-order valence-electron chi connectivity index (χ0n) is 15.0. The van der Waals surface area contributed by atoms with E-state index in [0.29, 0.717) is 0 Å². The molecule has 0 aromatic carbocycles. The molecule has 0 saturated carbocycles. The molecule has 2 rings (SSSR count). The Kier molecular flexibility index (Phi) is 5.30. The highest BCUT2D eigenvalue weighted by Gasteiger charge is 2.33. The van der Waals surface area contributed by atoms with E-state index in [0.717, 1.165) is 32.5 Å². The molecule has 1 saturated heterocycles. The second-order valence-electron chi connectivity index (χ2n) is 7.68. The van der Waals surface area contributed by atoms with E-state index in [4.69, 9.17) is 4.74 Å². The smallest absolute Gasteiger partial charge is 0.410 e. The van der Waals surface area contributed by atoms with Crippen LogP contribution in [0.2, 0.25) is 0 Å². The van der Waals surface area contributed by atoms with Crippen LogP contribution in [0.3, 0.4) is 0 Å². The minimum Gasteiger partial charge on any atom is -0.444 e. The van der Waals surface area contributed by atoms with Gasteiger partial charge in [0.05, 0.1) is 0 Å². The minimum absolute atomic E-state index is 0.0425. The first-order valence-corrected chi connectivity index (χ1v) is 8.31. The Hall–Kier alpha value is -1.62. The number of carbonyl (C=O) groups is 1. The molecule has 0 bridgehead atoms. The Balaban J connectivity index is 1.85. The van der Waals surface area contributed by atoms with Crippen molar-refractivity contribution in [3.05, 3.63) is 29.6 Å². The number of carbonyl (C=O) groups excluding carboxylic acids is 1. The largest absolute Gasteiger partial charge is 0.444 e. The molecule has 0 aliphatic carbocycles. The van der Waals surface area contributed by atoms with Gasteiger partial charge in [0.2, 0.25) is 0 Å². The van der Waals surface area contributed by atoms with E-state index in [9.17, 15) is 4.79 Å². The second-order valence-corrected chi connectivity index (χ2v) is 7.68. The van der Waals surface area contributed by atoms with Gasteiger partial charge in [0, 0.05) is 37.6 Å². The fourth-order valence-electron chi connectivity index (χ4n) is 2.68. The first kappa shape index (κ1) is 17.7. The van der Waals surface area contributed by atoms with Gasteiger partial charge in [0.25, 0.3) is 0 Å². The molecular weight excluding hydrogens is 290 g/mol. The van der Waals surface area contributed by atoms with Crippen LogP contribution >= 0.6 is 0 Å². The molecule has 5 heteroatoms. The average molecular weight is 319 g/mol. The van der Waals surface area contributed by atoms with Crippen molar-refractivity contribution in [2.75, 3.05) is 13.1 Å². The molecule has 1 N–H and O–H groups in total. The summed E-state index contributed by atoms with van der Waals surface area (Å²) in [5.74, 6) is 0. The predicted octanol–water partition coefficient (Wildman–Crippen LogP) is 3.27. The van der Waals surface area contributed by atoms with Crippen LogP contribution in [0.15, 0.2) is 18.5 Å². The van der Waals surface area contributed by atoms with Crippen LogP contribution in [-0.2, 0) is 11.3 Å². The van der Waals surface area contributed by atoms with Crippen molar-refractivity contribution in [3.63, 3.8) is 0 Å². The molecule has 1 fully saturated rings. The second kappa shape index (κ2) is 6.87. The highest BCUT2D eigenvalue weighted by atomic mass is 16.6. The van der Waals surface area contributed by atoms with E-state index in [2.05, 4.69) is 24.1 Å². The summed E-state index contributed by atoms with van der Waals surface area (Å²) < 4.78 is 5.45. The number of pyridine rings is 1. The van der Waals surface area contributed by atoms with Gasteiger partial charge >= 0.3 is 6.09 Å². The summed E-state index contributed by atoms with van der Waals surface area (Å²) >= 11 is 0. The highest BCUT2D eigenvalue weighted by Crippen LogP contribution is 2.24. The summed E-state index contributed by atoms with van der Waals surface area (Å²) in [6.07, 6.45) is 5.38. The number of nitrogens with one attached hydrogen (secondary N) is 1. The Morgan fingerprint density at radius 1 is 1.39 bits per heavy atom. The number of likely N-dealkylation sites (tertiary alicyclic amines) is 1. The lowest BCUT2D eigenvalue weighted by atomic mass is 9.89. The van der Waals surface area contributed by atoms with Gasteiger partial charge < -0.3 is 15.0 Å². The zero-order chi connectivity index (χ0) is 17.1. The van der Waals surface area contributed by atoms with Gasteiger partial charge in [-0.3, -0.25) is 4.98 Å². The lowest BCUT2D eigenvalue weighted by Crippen LogP contribution is -2.53. The van der Waals surface area contributed by atoms with Crippen molar-refractivity contribution in [3.8, 4) is 0 Å². The zero-order valence-corrected chi connectivity index (χ0v) is 15.0. The summed E-state index contributed by atoms with van der Waals surface area (Å²) in [4.78, 5) is 18.1. The number of ether oxygens (including phenoxy) is 1. The number of hydrogen-bond donors (Lipinski definition) is 1. The molecule has 0 spiro atoms. The van der Waals surface area contributed by atoms with Crippen LogP contribution in [0.1, 0.15) is 51.7 Å². The highest BCUT2D eigenvalue weighted by molar-refractivity contribution is 5.68. The Labute approximate surface area is 139 Å². The maximum Gasteiger partial charge on any atom is 0.410 e. The van der Waals surface area contributed by atoms with Crippen molar-refractivity contribution < 1.29 is 9.53 Å². The summed E-state index contributed by atoms with van der Waals surface area (Å²) in [5.41, 5.74) is 2.08. The normalized spacial score (nSPS) is 17.9. The van der Waals surface area contributed by atoms with Gasteiger partial charge in [0.15, 0.2) is 0 Å². The number of rotatable bonds is 3. The first-order chi connectivity index (χ1) is 10.7. The van der Waals surface area contributed by atoms with Gasteiger partial charge in [-0.2, -0.15) is 0 Å². The van der Waals surface area contributed by atoms with Gasteiger partial charge in [-0.25, -0.2) is 4.79 Å². The lowest BCUT2D eigenvalue weighted by Gasteiger charge is -2.40. The Bertz CT molecular complexity index is 543. The molecule has 1 amide bonds. The van der Waals surface area contributed by atoms with E-state index in [-0.39, 0.29) is 11.6 Å². The molecule has 0 unspecified atom stereocenters. The molecule has 1 aliphatic rings. The Morgan fingerprint density at radius 3 is 2.61 bits per heavy atom. The van der Waals surface area contributed by atoms with Crippen molar-refractivity contribution in [1.29, 1.82) is 0 Å². The van der Waals surface area contributed by atoms with Crippen LogP contribution < -0.4 is 5.32 Å². The van der Waals surface area contributed by atoms with Crippen LogP contribution in [-0.4, -0.2) is 40.2 Å². The summed E-state index contributed by atoms with van der Waals surface area (Å²) in [6.45, 7) is 12.3. The molecule has 128 valence electrons. The maximum absolute atomic E-state index is 12.1. The molecule has 5 nitrogen and oxygen atoms in total. The third-order valence-corrected chi connectivity index (χ3v) is 4.37. The fourth-order valence-corrected chi connectivity index (χ4v) is 2.68. The third-order valence-electron chi connectivity index (χ3n) is 4.37. The van der Waals surface area contributed by atoms with E-state index in [1.165, 1.54) is 11.1 Å². The minimum atomic E-state index is -0.437. The maximum atomic E-state index is 12.1. The van der Waals surface area contributed by atoms with Crippen LogP contribution in [0, 0.1) is 6.92 Å². The summed E-state index contributed by atoms with van der Waals surface area (Å²) in [5, 5.41) is 3.64. The fraction of sp³-hybridized carbons (Fsp3) is 0.667. The number of amides is 1. The monoisotopic (exact) mass is 319 g/mol. The SMILES string of the molecule is Cc1ccncc1CNC1(C)CCN(C(=O)OC(C)(C)C)CC1. The van der Waals surface area contributed by atoms with Gasteiger partial charge in [-0.1, -0.05) is 0 Å². The number of nitrogens with zero attached hydrogens (tertiary/aromatic N) is 2. The van der Waals surface area contributed by atoms with E-state index < -0.39 is 5.60 Å². The molecule has 1 aromatic rings. The number of hydrogen-bond acceptors (Lipinski definition) is 4. The quantitative estimate of drug-likeness (QED) is 0.929. The van der Waals surface area contributed by atoms with Crippen LogP contribution in [0.5, 0.6) is 0 Å². The number of aryl methyl sites for hydroxylation is 1. The van der Waals surface area contributed by atoms with Crippen molar-refractivity contribution >= 4 is 6.09 Å². The van der Waals surface area contributed by atoms with E-state index >= 15 is 0 Å². The predicted molar refractivity (Wildman–Crippen MR) is 91.3 cm³/mol. The van der Waals surface area contributed by atoms with Gasteiger partial charge in [-0.15, -0.1) is 0 Å². The topological polar surface area (TPSA) is 54.5 Å². The van der Waals surface area contributed by atoms with Crippen molar-refractivity contribution in [2.45, 2.75) is 65.1 Å². The molecule has 0 atom stereocenters. The molecule has 0 radical (unpaired) electrons. The first-order valence-electron chi connectivity index (χ1n) is 8.31. The third kappa shape index (κ3) is 5.20. The van der Waals surface area contributed by atoms with Crippen molar-refractivity contribution in [1.82, 2.24) is 15.2 Å². The number of piperidine rings is 1. The van der Waals surface area contributed by atoms with Gasteiger partial charge in [-0.05, 0) is 64.7 Å². The number of aromatic nitrogens is 1. The summed E-state index contributed by atoms with van der Waals surface area (Å²) in [6, 6.07) is 2.03. The molecule has 2 heterocycles. The lowest BCUT2D eigenvalue weighted by molar-refractivity contribution is 0.0156. The molecular formula is C18H29N3O2. The Morgan fingerprint density at radius 2 is 2.04 bits per heavy atom. The van der Waals surface area contributed by atoms with Gasteiger partial charge in [0.1, 0.15) is 5.60 Å². The standard InChI is InChI=1S/C18H29N3O2/c1-14-6-9-19-12-15(14)13-20-18(5)7-10-21(11-8-18)16(22)23-17(2,3)4/h6,9,12,20H,7-8,10-11,13H2,1-5H3. The van der Waals surface area contributed by atoms with Crippen LogP contribution in [0.4, 0.5) is 4.79 Å². The molecule has 1 aromatic heterocycles. The molecule has 23 heavy (non-hydrogen) atoms. The molecule has 1 aliphatic heterocycles. The average Bonchev–Trinajstić information content (AvgIpc) is 2.45. The summed E-state index contributed by atoms with van der Waals surface area (Å²) in [7, 11) is 0. The van der Waals surface area contributed by atoms with E-state index in [1.54, 1.807) is 0 Å². The van der Waals surface area contributed by atoms with Crippen molar-refractivity contribution in [2.24, 2.45) is 0 Å². The van der Waals surface area contributed by atoms with Crippen LogP contribution in [0.25, 0.3) is 0 Å².